The molecule has 23 heavy (non-hydrogen) atoms. The van der Waals surface area contributed by atoms with Gasteiger partial charge < -0.3 is 4.42 Å². The summed E-state index contributed by atoms with van der Waals surface area (Å²) in [5.74, 6) is -0.687. The number of nitrogens with zero attached hydrogens (tertiary/aromatic N) is 2. The first-order valence-electron chi connectivity index (χ1n) is 7.17. The van der Waals surface area contributed by atoms with Crippen LogP contribution in [0.5, 0.6) is 0 Å². The molecule has 0 spiro atoms. The van der Waals surface area contributed by atoms with Gasteiger partial charge in [-0.2, -0.15) is 0 Å². The summed E-state index contributed by atoms with van der Waals surface area (Å²) in [4.78, 5) is 27.7. The van der Waals surface area contributed by atoms with E-state index in [4.69, 9.17) is 4.42 Å². The summed E-state index contributed by atoms with van der Waals surface area (Å²) in [6.07, 6.45) is 3.35. The van der Waals surface area contributed by atoms with E-state index >= 15 is 0 Å². The summed E-state index contributed by atoms with van der Waals surface area (Å²) in [6.45, 7) is 2.02. The summed E-state index contributed by atoms with van der Waals surface area (Å²) in [6, 6.07) is 9.79. The number of rotatable bonds is 6. The van der Waals surface area contributed by atoms with Crippen LogP contribution in [-0.4, -0.2) is 26.7 Å². The summed E-state index contributed by atoms with van der Waals surface area (Å²) in [7, 11) is 0. The third-order valence-electron chi connectivity index (χ3n) is 3.55. The number of benzene rings is 1. The molecular formula is C17H15N3O3. The van der Waals surface area contributed by atoms with Crippen molar-refractivity contribution in [3.05, 3.63) is 71.2 Å². The second-order valence-electron chi connectivity index (χ2n) is 5.28. The van der Waals surface area contributed by atoms with Gasteiger partial charge in [-0.25, -0.2) is 4.98 Å². The number of Topliss-reactive ketones (excluding diaryl/α,β-unsaturated/α-hetero) is 2. The number of aromatic nitrogens is 3. The third-order valence-corrected chi connectivity index (χ3v) is 3.55. The molecule has 0 saturated heterocycles. The molecule has 2 aromatic heterocycles. The topological polar surface area (TPSA) is 88.9 Å². The van der Waals surface area contributed by atoms with E-state index in [1.54, 1.807) is 6.07 Å². The van der Waals surface area contributed by atoms with Crippen molar-refractivity contribution in [2.45, 2.75) is 19.8 Å². The van der Waals surface area contributed by atoms with Crippen LogP contribution in [0.4, 0.5) is 0 Å². The summed E-state index contributed by atoms with van der Waals surface area (Å²) in [5, 5.41) is 6.06. The molecule has 0 saturated carbocycles. The molecule has 116 valence electrons. The maximum Gasteiger partial charge on any atom is 0.267 e. The van der Waals surface area contributed by atoms with Crippen molar-refractivity contribution in [3.63, 3.8) is 0 Å². The van der Waals surface area contributed by atoms with Gasteiger partial charge in [0.2, 0.25) is 11.6 Å². The van der Waals surface area contributed by atoms with Gasteiger partial charge >= 0.3 is 0 Å². The lowest BCUT2D eigenvalue weighted by Gasteiger charge is -2.03. The molecule has 0 amide bonds. The van der Waals surface area contributed by atoms with E-state index in [1.807, 2.05) is 31.2 Å². The number of carbonyl (C=O) groups is 2. The van der Waals surface area contributed by atoms with Gasteiger partial charge in [0.05, 0.1) is 6.26 Å². The number of ketones is 2. The number of hydrogen-bond donors (Lipinski definition) is 1. The lowest BCUT2D eigenvalue weighted by Crippen LogP contribution is -2.18. The molecular weight excluding hydrogens is 294 g/mol. The largest absolute Gasteiger partial charge is 0.469 e. The van der Waals surface area contributed by atoms with Gasteiger partial charge in [-0.3, -0.25) is 14.7 Å². The van der Waals surface area contributed by atoms with Crippen molar-refractivity contribution in [1.82, 2.24) is 15.2 Å². The Hall–Kier alpha value is -3.02. The Morgan fingerprint density at radius 3 is 2.65 bits per heavy atom. The number of furan rings is 1. The molecule has 0 atom stereocenters. The van der Waals surface area contributed by atoms with Crippen LogP contribution in [0, 0.1) is 6.92 Å². The van der Waals surface area contributed by atoms with Crippen LogP contribution in [0.25, 0.3) is 0 Å². The molecule has 3 rings (SSSR count). The van der Waals surface area contributed by atoms with E-state index in [9.17, 15) is 9.59 Å². The number of nitrogens with one attached hydrogen (secondary N) is 1. The zero-order valence-electron chi connectivity index (χ0n) is 12.6. The quantitative estimate of drug-likeness (QED) is 0.557. The highest BCUT2D eigenvalue weighted by Gasteiger charge is 2.22. The van der Waals surface area contributed by atoms with Crippen LogP contribution in [0.1, 0.15) is 33.1 Å². The minimum Gasteiger partial charge on any atom is -0.469 e. The molecule has 2 heterocycles. The molecule has 0 unspecified atom stereocenters. The fourth-order valence-corrected chi connectivity index (χ4v) is 2.27. The molecule has 6 nitrogen and oxygen atoms in total. The van der Waals surface area contributed by atoms with Gasteiger partial charge in [-0.1, -0.05) is 29.8 Å². The molecule has 0 bridgehead atoms. The van der Waals surface area contributed by atoms with E-state index in [0.717, 1.165) is 5.56 Å². The molecule has 0 radical (unpaired) electrons. The molecule has 0 aliphatic carbocycles. The van der Waals surface area contributed by atoms with Crippen LogP contribution in [-0.2, 0) is 17.6 Å². The number of carbonyl (C=O) groups excluding carboxylic acids is 2. The van der Waals surface area contributed by atoms with Gasteiger partial charge in [-0.05, 0) is 18.6 Å². The predicted octanol–water partition coefficient (Wildman–Crippen LogP) is 2.29. The standard InChI is InChI=1S/C17H15N3O3/c1-11-2-4-12(5-3-11)8-15-13(6-7-23-15)9-14(21)16(22)17-18-10-19-20-17/h2-7,10H,8-9H2,1H3,(H,18,19,20). The van der Waals surface area contributed by atoms with E-state index < -0.39 is 11.6 Å². The van der Waals surface area contributed by atoms with Gasteiger partial charge in [0.15, 0.2) is 0 Å². The van der Waals surface area contributed by atoms with Gasteiger partial charge in [-0.15, -0.1) is 5.10 Å². The Labute approximate surface area is 132 Å². The van der Waals surface area contributed by atoms with Gasteiger partial charge in [0, 0.05) is 18.4 Å². The van der Waals surface area contributed by atoms with E-state index in [2.05, 4.69) is 15.2 Å². The average molecular weight is 309 g/mol. The Balaban J connectivity index is 1.72. The first kappa shape index (κ1) is 14.9. The monoisotopic (exact) mass is 309 g/mol. The normalized spacial score (nSPS) is 10.7. The maximum absolute atomic E-state index is 12.1. The number of aromatic amines is 1. The highest BCUT2D eigenvalue weighted by molar-refractivity contribution is 6.43. The minimum absolute atomic E-state index is 0.0227. The van der Waals surface area contributed by atoms with Crippen molar-refractivity contribution in [2.24, 2.45) is 0 Å². The van der Waals surface area contributed by atoms with E-state index in [1.165, 1.54) is 18.2 Å². The highest BCUT2D eigenvalue weighted by atomic mass is 16.3. The summed E-state index contributed by atoms with van der Waals surface area (Å²) in [5.41, 5.74) is 2.97. The zero-order valence-corrected chi connectivity index (χ0v) is 12.6. The molecule has 3 aromatic rings. The average Bonchev–Trinajstić information content (AvgIpc) is 3.21. The van der Waals surface area contributed by atoms with Crippen molar-refractivity contribution >= 4 is 11.6 Å². The molecule has 0 fully saturated rings. The van der Waals surface area contributed by atoms with Crippen LogP contribution in [0.15, 0.2) is 47.3 Å². The fraction of sp³-hybridized carbons (Fsp3) is 0.176. The van der Waals surface area contributed by atoms with E-state index in [-0.39, 0.29) is 12.2 Å². The molecule has 1 aromatic carbocycles. The maximum atomic E-state index is 12.1. The molecule has 0 aliphatic heterocycles. The zero-order chi connectivity index (χ0) is 16.2. The molecule has 0 aliphatic rings. The van der Waals surface area contributed by atoms with Gasteiger partial charge in [0.1, 0.15) is 12.1 Å². The lowest BCUT2D eigenvalue weighted by molar-refractivity contribution is -0.114. The first-order chi connectivity index (χ1) is 11.1. The van der Waals surface area contributed by atoms with Crippen LogP contribution in [0.3, 0.4) is 0 Å². The van der Waals surface area contributed by atoms with E-state index in [0.29, 0.717) is 17.7 Å². The SMILES string of the molecule is Cc1ccc(Cc2occc2CC(=O)C(=O)c2nc[nH]n2)cc1. The molecule has 6 heteroatoms. The number of H-pyrrole nitrogens is 1. The van der Waals surface area contributed by atoms with Crippen LogP contribution < -0.4 is 0 Å². The summed E-state index contributed by atoms with van der Waals surface area (Å²) < 4.78 is 5.47. The Bertz CT molecular complexity index is 817. The third kappa shape index (κ3) is 3.42. The summed E-state index contributed by atoms with van der Waals surface area (Å²) >= 11 is 0. The lowest BCUT2D eigenvalue weighted by atomic mass is 10.0. The Morgan fingerprint density at radius 2 is 1.96 bits per heavy atom. The Morgan fingerprint density at radius 1 is 1.17 bits per heavy atom. The van der Waals surface area contributed by atoms with Crippen molar-refractivity contribution < 1.29 is 14.0 Å². The second-order valence-corrected chi connectivity index (χ2v) is 5.28. The van der Waals surface area contributed by atoms with Crippen molar-refractivity contribution in [1.29, 1.82) is 0 Å². The predicted molar refractivity (Wildman–Crippen MR) is 82.1 cm³/mol. The van der Waals surface area contributed by atoms with Crippen molar-refractivity contribution in [3.8, 4) is 0 Å². The van der Waals surface area contributed by atoms with Crippen molar-refractivity contribution in [2.75, 3.05) is 0 Å². The smallest absolute Gasteiger partial charge is 0.267 e. The fourth-order valence-electron chi connectivity index (χ4n) is 2.27. The number of hydrogen-bond acceptors (Lipinski definition) is 5. The highest BCUT2D eigenvalue weighted by Crippen LogP contribution is 2.17. The van der Waals surface area contributed by atoms with Crippen LogP contribution >= 0.6 is 0 Å². The molecule has 1 N–H and O–H groups in total. The Kier molecular flexibility index (Phi) is 4.14. The van der Waals surface area contributed by atoms with Crippen LogP contribution in [0.2, 0.25) is 0 Å². The number of aryl methyl sites for hydroxylation is 1. The first-order valence-corrected chi connectivity index (χ1v) is 7.17. The van der Waals surface area contributed by atoms with Gasteiger partial charge in [0.25, 0.3) is 5.78 Å². The second kappa shape index (κ2) is 6.39. The minimum atomic E-state index is -0.700.